The van der Waals surface area contributed by atoms with E-state index in [9.17, 15) is 0 Å². The van der Waals surface area contributed by atoms with Crippen LogP contribution < -0.4 is 14.8 Å². The van der Waals surface area contributed by atoms with Crippen LogP contribution in [-0.2, 0) is 0 Å². The summed E-state index contributed by atoms with van der Waals surface area (Å²) in [5.41, 5.74) is 1.11. The van der Waals surface area contributed by atoms with Crippen LogP contribution in [0.4, 0.5) is 5.69 Å². The molecule has 1 aromatic carbocycles. The van der Waals surface area contributed by atoms with E-state index >= 15 is 0 Å². The van der Waals surface area contributed by atoms with Gasteiger partial charge in [-0.2, -0.15) is 0 Å². The van der Waals surface area contributed by atoms with Crippen molar-refractivity contribution in [2.24, 2.45) is 0 Å². The Bertz CT molecular complexity index is 422. The molecule has 2 aliphatic heterocycles. The molecule has 2 heterocycles. The fourth-order valence-electron chi connectivity index (χ4n) is 2.64. The van der Waals surface area contributed by atoms with Gasteiger partial charge in [-0.3, -0.25) is 0 Å². The third kappa shape index (κ3) is 2.38. The number of hydrogen-bond acceptors (Lipinski definition) is 4. The fourth-order valence-corrected chi connectivity index (χ4v) is 2.64. The fraction of sp³-hybridized carbons (Fsp3) is 0.571. The Kier molecular flexibility index (Phi) is 3.28. The minimum atomic E-state index is 0.337. The molecule has 0 amide bonds. The first-order chi connectivity index (χ1) is 8.83. The largest absolute Gasteiger partial charge is 0.454 e. The predicted octanol–water partition coefficient (Wildman–Crippen LogP) is 2.31. The maximum atomic E-state index is 5.38. The molecule has 1 aromatic rings. The Morgan fingerprint density at radius 3 is 3.06 bits per heavy atom. The Morgan fingerprint density at radius 2 is 2.17 bits per heavy atom. The number of likely N-dealkylation sites (N-methyl/N-ethyl adjacent to an activating group) is 1. The van der Waals surface area contributed by atoms with Crippen molar-refractivity contribution in [3.8, 4) is 11.5 Å². The predicted molar refractivity (Wildman–Crippen MR) is 71.3 cm³/mol. The molecule has 4 heteroatoms. The maximum Gasteiger partial charge on any atom is 0.231 e. The van der Waals surface area contributed by atoms with Crippen LogP contribution in [0.1, 0.15) is 19.3 Å². The molecule has 98 valence electrons. The Morgan fingerprint density at radius 1 is 1.28 bits per heavy atom. The normalized spacial score (nSPS) is 23.1. The van der Waals surface area contributed by atoms with Crippen LogP contribution in [0, 0.1) is 0 Å². The van der Waals surface area contributed by atoms with Crippen molar-refractivity contribution >= 4 is 5.69 Å². The average molecular weight is 248 g/mol. The molecule has 0 aliphatic carbocycles. The van der Waals surface area contributed by atoms with Gasteiger partial charge in [0.15, 0.2) is 11.5 Å². The van der Waals surface area contributed by atoms with Crippen molar-refractivity contribution < 1.29 is 9.47 Å². The van der Waals surface area contributed by atoms with Gasteiger partial charge in [0.25, 0.3) is 0 Å². The molecule has 0 radical (unpaired) electrons. The molecule has 3 rings (SSSR count). The molecule has 1 fully saturated rings. The molecule has 18 heavy (non-hydrogen) atoms. The summed E-state index contributed by atoms with van der Waals surface area (Å²) in [7, 11) is 2.21. The minimum Gasteiger partial charge on any atom is -0.454 e. The van der Waals surface area contributed by atoms with E-state index in [1.807, 2.05) is 12.1 Å². The van der Waals surface area contributed by atoms with Gasteiger partial charge < -0.3 is 19.7 Å². The Labute approximate surface area is 108 Å². The van der Waals surface area contributed by atoms with Crippen LogP contribution in [-0.4, -0.2) is 37.9 Å². The van der Waals surface area contributed by atoms with Crippen LogP contribution in [0.3, 0.4) is 0 Å². The van der Waals surface area contributed by atoms with Crippen LogP contribution in [0.2, 0.25) is 0 Å². The summed E-state index contributed by atoms with van der Waals surface area (Å²) in [6.07, 6.45) is 3.96. The van der Waals surface area contributed by atoms with Crippen molar-refractivity contribution in [3.63, 3.8) is 0 Å². The minimum absolute atomic E-state index is 0.337. The van der Waals surface area contributed by atoms with E-state index in [0.717, 1.165) is 23.7 Å². The molecule has 0 bridgehead atoms. The number of piperidine rings is 1. The van der Waals surface area contributed by atoms with Crippen molar-refractivity contribution in [1.29, 1.82) is 0 Å². The highest BCUT2D eigenvalue weighted by Gasteiger charge is 2.19. The van der Waals surface area contributed by atoms with E-state index in [2.05, 4.69) is 23.3 Å². The van der Waals surface area contributed by atoms with E-state index in [-0.39, 0.29) is 0 Å². The average Bonchev–Trinajstić information content (AvgIpc) is 2.85. The number of rotatable bonds is 3. The highest BCUT2D eigenvalue weighted by Crippen LogP contribution is 2.34. The van der Waals surface area contributed by atoms with E-state index in [0.29, 0.717) is 12.8 Å². The second kappa shape index (κ2) is 5.06. The third-order valence-electron chi connectivity index (χ3n) is 3.84. The number of anilines is 1. The lowest BCUT2D eigenvalue weighted by molar-refractivity contribution is 0.174. The van der Waals surface area contributed by atoms with Crippen molar-refractivity contribution in [3.05, 3.63) is 18.2 Å². The first kappa shape index (κ1) is 11.7. The van der Waals surface area contributed by atoms with Gasteiger partial charge in [-0.25, -0.2) is 0 Å². The molecule has 2 aliphatic rings. The monoisotopic (exact) mass is 248 g/mol. The molecule has 0 saturated carbocycles. The standard InChI is InChI=1S/C14H20N2O2/c1-16-7-3-2-4-12(16)9-15-11-5-6-13-14(8-11)18-10-17-13/h5-6,8,12,15H,2-4,7,9-10H2,1H3. The Balaban J connectivity index is 1.59. The molecule has 4 nitrogen and oxygen atoms in total. The number of fused-ring (bicyclic) bond motifs is 1. The zero-order valence-corrected chi connectivity index (χ0v) is 10.8. The van der Waals surface area contributed by atoms with E-state index in [1.54, 1.807) is 0 Å². The van der Waals surface area contributed by atoms with Gasteiger partial charge in [0, 0.05) is 24.3 Å². The maximum absolute atomic E-state index is 5.38. The number of hydrogen-bond donors (Lipinski definition) is 1. The number of nitrogens with one attached hydrogen (secondary N) is 1. The first-order valence-corrected chi connectivity index (χ1v) is 6.67. The molecule has 0 spiro atoms. The zero-order chi connectivity index (χ0) is 12.4. The second-order valence-electron chi connectivity index (χ2n) is 5.08. The molecule has 1 unspecified atom stereocenters. The van der Waals surface area contributed by atoms with Crippen molar-refractivity contribution in [1.82, 2.24) is 4.90 Å². The summed E-state index contributed by atoms with van der Waals surface area (Å²) in [5.74, 6) is 1.69. The van der Waals surface area contributed by atoms with Gasteiger partial charge in [0.05, 0.1) is 0 Å². The van der Waals surface area contributed by atoms with Crippen LogP contribution in [0.25, 0.3) is 0 Å². The summed E-state index contributed by atoms with van der Waals surface area (Å²) in [4.78, 5) is 2.45. The quantitative estimate of drug-likeness (QED) is 0.890. The van der Waals surface area contributed by atoms with Gasteiger partial charge >= 0.3 is 0 Å². The van der Waals surface area contributed by atoms with E-state index in [4.69, 9.17) is 9.47 Å². The summed E-state index contributed by atoms with van der Waals surface area (Å²) in [6.45, 7) is 2.55. The van der Waals surface area contributed by atoms with E-state index in [1.165, 1.54) is 25.8 Å². The molecule has 1 atom stereocenters. The highest BCUT2D eigenvalue weighted by atomic mass is 16.7. The summed E-state index contributed by atoms with van der Waals surface area (Å²) < 4.78 is 10.7. The van der Waals surface area contributed by atoms with Crippen LogP contribution in [0.15, 0.2) is 18.2 Å². The number of benzene rings is 1. The topological polar surface area (TPSA) is 33.7 Å². The Hall–Kier alpha value is -1.42. The van der Waals surface area contributed by atoms with Crippen LogP contribution in [0.5, 0.6) is 11.5 Å². The molecule has 0 aromatic heterocycles. The van der Waals surface area contributed by atoms with Crippen LogP contribution >= 0.6 is 0 Å². The van der Waals surface area contributed by atoms with E-state index < -0.39 is 0 Å². The summed E-state index contributed by atoms with van der Waals surface area (Å²) >= 11 is 0. The molecular formula is C14H20N2O2. The molecular weight excluding hydrogens is 228 g/mol. The van der Waals surface area contributed by atoms with Gasteiger partial charge in [-0.1, -0.05) is 6.42 Å². The lowest BCUT2D eigenvalue weighted by atomic mass is 10.0. The van der Waals surface area contributed by atoms with Gasteiger partial charge in [-0.05, 0) is 38.6 Å². The zero-order valence-electron chi connectivity index (χ0n) is 10.8. The number of ether oxygens (including phenoxy) is 2. The lowest BCUT2D eigenvalue weighted by Gasteiger charge is -2.32. The smallest absolute Gasteiger partial charge is 0.231 e. The molecule has 1 saturated heterocycles. The van der Waals surface area contributed by atoms with Crippen molar-refractivity contribution in [2.75, 3.05) is 32.2 Å². The van der Waals surface area contributed by atoms with Crippen molar-refractivity contribution in [2.45, 2.75) is 25.3 Å². The lowest BCUT2D eigenvalue weighted by Crippen LogP contribution is -2.40. The number of nitrogens with zero attached hydrogens (tertiary/aromatic N) is 1. The molecule has 1 N–H and O–H groups in total. The summed E-state index contributed by atoms with van der Waals surface area (Å²) in [5, 5.41) is 3.50. The number of likely N-dealkylation sites (tertiary alicyclic amines) is 1. The second-order valence-corrected chi connectivity index (χ2v) is 5.08. The summed E-state index contributed by atoms with van der Waals surface area (Å²) in [6, 6.07) is 6.68. The SMILES string of the molecule is CN1CCCCC1CNc1ccc2c(c1)OCO2. The third-order valence-corrected chi connectivity index (χ3v) is 3.84. The first-order valence-electron chi connectivity index (χ1n) is 6.67. The van der Waals surface area contributed by atoms with Gasteiger partial charge in [-0.15, -0.1) is 0 Å². The van der Waals surface area contributed by atoms with Gasteiger partial charge in [0.1, 0.15) is 0 Å². The highest BCUT2D eigenvalue weighted by molar-refractivity contribution is 5.55. The van der Waals surface area contributed by atoms with Gasteiger partial charge in [0.2, 0.25) is 6.79 Å².